The highest BCUT2D eigenvalue weighted by molar-refractivity contribution is 5.79. The molecule has 1 heterocycles. The Morgan fingerprint density at radius 3 is 2.00 bits per heavy atom. The van der Waals surface area contributed by atoms with Crippen molar-refractivity contribution in [1.29, 1.82) is 0 Å². The predicted molar refractivity (Wildman–Crippen MR) is 110 cm³/mol. The molecule has 2 aliphatic rings. The van der Waals surface area contributed by atoms with Crippen LogP contribution in [0.1, 0.15) is 32.3 Å². The molecule has 1 saturated carbocycles. The third-order valence-electron chi connectivity index (χ3n) is 6.51. The number of hydrogen-bond donors (Lipinski definition) is 0. The molecule has 0 bridgehead atoms. The lowest BCUT2D eigenvalue weighted by Gasteiger charge is -2.44. The minimum absolute atomic E-state index is 0.207. The average molecular weight is 381 g/mol. The second kappa shape index (κ2) is 7.67. The molecule has 4 heteroatoms. The summed E-state index contributed by atoms with van der Waals surface area (Å²) in [4.78, 5) is 17.3. The van der Waals surface area contributed by atoms with Gasteiger partial charge in [-0.15, -0.1) is 0 Å². The molecule has 1 amide bonds. The first-order chi connectivity index (χ1) is 13.4. The van der Waals surface area contributed by atoms with Crippen LogP contribution in [0.5, 0.6) is 0 Å². The smallest absolute Gasteiger partial charge is 0.227 e. The Morgan fingerprint density at radius 2 is 1.46 bits per heavy atom. The highest BCUT2D eigenvalue weighted by Crippen LogP contribution is 2.43. The van der Waals surface area contributed by atoms with Gasteiger partial charge in [0.15, 0.2) is 0 Å². The minimum Gasteiger partial charge on any atom is -0.340 e. The van der Waals surface area contributed by atoms with Gasteiger partial charge in [0.05, 0.1) is 6.42 Å². The van der Waals surface area contributed by atoms with Crippen molar-refractivity contribution >= 4 is 5.91 Å². The van der Waals surface area contributed by atoms with Crippen LogP contribution in [-0.4, -0.2) is 47.4 Å². The molecule has 3 nitrogen and oxygen atoms in total. The molecular weight excluding hydrogens is 351 g/mol. The van der Waals surface area contributed by atoms with E-state index in [1.54, 1.807) is 12.1 Å². The van der Waals surface area contributed by atoms with E-state index in [1.165, 1.54) is 25.0 Å². The highest BCUT2D eigenvalue weighted by atomic mass is 19.1. The quantitative estimate of drug-likeness (QED) is 0.769. The second-order valence-electron chi connectivity index (χ2n) is 8.68. The van der Waals surface area contributed by atoms with Gasteiger partial charge in [0.25, 0.3) is 0 Å². The molecule has 148 valence electrons. The van der Waals surface area contributed by atoms with Crippen molar-refractivity contribution in [3.63, 3.8) is 0 Å². The molecule has 2 aromatic carbocycles. The Balaban J connectivity index is 1.32. The Morgan fingerprint density at radius 1 is 0.929 bits per heavy atom. The molecule has 0 radical (unpaired) electrons. The zero-order chi connectivity index (χ0) is 19.7. The van der Waals surface area contributed by atoms with Gasteiger partial charge in [-0.1, -0.05) is 36.4 Å². The van der Waals surface area contributed by atoms with E-state index in [0.717, 1.165) is 48.8 Å². The molecule has 28 heavy (non-hydrogen) atoms. The summed E-state index contributed by atoms with van der Waals surface area (Å²) in [6, 6.07) is 14.5. The number of carbonyl (C=O) groups excluding carboxylic acids is 1. The van der Waals surface area contributed by atoms with Crippen LogP contribution >= 0.6 is 0 Å². The molecule has 0 atom stereocenters. The fraction of sp³-hybridized carbons (Fsp3) is 0.458. The van der Waals surface area contributed by atoms with Crippen molar-refractivity contribution in [2.45, 2.75) is 38.6 Å². The van der Waals surface area contributed by atoms with Crippen molar-refractivity contribution < 1.29 is 9.18 Å². The summed E-state index contributed by atoms with van der Waals surface area (Å²) < 4.78 is 13.1. The van der Waals surface area contributed by atoms with Crippen molar-refractivity contribution in [3.8, 4) is 11.1 Å². The van der Waals surface area contributed by atoms with E-state index in [1.807, 2.05) is 29.2 Å². The van der Waals surface area contributed by atoms with E-state index in [2.05, 4.69) is 18.7 Å². The lowest BCUT2D eigenvalue weighted by molar-refractivity contribution is -0.133. The summed E-state index contributed by atoms with van der Waals surface area (Å²) in [5.41, 5.74) is 3.31. The van der Waals surface area contributed by atoms with Gasteiger partial charge in [-0.3, -0.25) is 9.69 Å². The molecule has 1 aliphatic carbocycles. The van der Waals surface area contributed by atoms with Gasteiger partial charge in [-0.2, -0.15) is 0 Å². The maximum atomic E-state index is 13.1. The zero-order valence-electron chi connectivity index (χ0n) is 16.8. The van der Waals surface area contributed by atoms with Gasteiger partial charge < -0.3 is 4.90 Å². The SMILES string of the molecule is CC(C)(C1CC1)N1CCN(C(=O)Cc2ccc(-c3ccc(F)cc3)cc2)CC1. The maximum absolute atomic E-state index is 13.1. The number of halogens is 1. The number of rotatable bonds is 5. The molecule has 1 aliphatic heterocycles. The van der Waals surface area contributed by atoms with Crippen LogP contribution in [0.25, 0.3) is 11.1 Å². The van der Waals surface area contributed by atoms with E-state index in [-0.39, 0.29) is 17.3 Å². The van der Waals surface area contributed by atoms with Crippen LogP contribution in [0.15, 0.2) is 48.5 Å². The van der Waals surface area contributed by atoms with E-state index >= 15 is 0 Å². The summed E-state index contributed by atoms with van der Waals surface area (Å²) in [6.45, 7) is 8.29. The van der Waals surface area contributed by atoms with Gasteiger partial charge >= 0.3 is 0 Å². The first-order valence-corrected chi connectivity index (χ1v) is 10.3. The monoisotopic (exact) mass is 380 g/mol. The first-order valence-electron chi connectivity index (χ1n) is 10.3. The summed E-state index contributed by atoms with van der Waals surface area (Å²) >= 11 is 0. The van der Waals surface area contributed by atoms with E-state index in [9.17, 15) is 9.18 Å². The van der Waals surface area contributed by atoms with Gasteiger partial charge in [0.2, 0.25) is 5.91 Å². The maximum Gasteiger partial charge on any atom is 0.227 e. The number of carbonyl (C=O) groups is 1. The Labute approximate surface area is 167 Å². The van der Waals surface area contributed by atoms with E-state index < -0.39 is 0 Å². The zero-order valence-corrected chi connectivity index (χ0v) is 16.8. The molecule has 2 fully saturated rings. The van der Waals surface area contributed by atoms with Crippen LogP contribution in [0, 0.1) is 11.7 Å². The minimum atomic E-state index is -0.230. The molecular formula is C24H29FN2O. The average Bonchev–Trinajstić information content (AvgIpc) is 3.55. The van der Waals surface area contributed by atoms with Crippen LogP contribution in [-0.2, 0) is 11.2 Å². The van der Waals surface area contributed by atoms with Gasteiger partial charge in [0, 0.05) is 31.7 Å². The lowest BCUT2D eigenvalue weighted by Crippen LogP contribution is -2.56. The molecule has 1 saturated heterocycles. The first kappa shape index (κ1) is 19.1. The third-order valence-corrected chi connectivity index (χ3v) is 6.51. The highest BCUT2D eigenvalue weighted by Gasteiger charge is 2.42. The predicted octanol–water partition coefficient (Wildman–Crippen LogP) is 4.37. The lowest BCUT2D eigenvalue weighted by atomic mass is 9.95. The fourth-order valence-corrected chi connectivity index (χ4v) is 4.32. The fourth-order valence-electron chi connectivity index (χ4n) is 4.32. The van der Waals surface area contributed by atoms with Gasteiger partial charge in [-0.05, 0) is 61.4 Å². The van der Waals surface area contributed by atoms with E-state index in [0.29, 0.717) is 6.42 Å². The molecule has 4 rings (SSSR count). The standard InChI is InChI=1S/C24H29FN2O/c1-24(2,21-9-10-21)27-15-13-26(14-16-27)23(28)17-18-3-5-19(6-4-18)20-7-11-22(25)12-8-20/h3-8,11-12,21H,9-10,13-17H2,1-2H3. The van der Waals surface area contributed by atoms with Crippen LogP contribution in [0.3, 0.4) is 0 Å². The van der Waals surface area contributed by atoms with Gasteiger partial charge in [0.1, 0.15) is 5.82 Å². The number of benzene rings is 2. The summed E-state index contributed by atoms with van der Waals surface area (Å²) in [5.74, 6) is 0.805. The Hall–Kier alpha value is -2.20. The number of nitrogens with zero attached hydrogens (tertiary/aromatic N) is 2. The Bertz CT molecular complexity index is 817. The largest absolute Gasteiger partial charge is 0.340 e. The normalized spacial score (nSPS) is 18.3. The second-order valence-corrected chi connectivity index (χ2v) is 8.68. The summed E-state index contributed by atoms with van der Waals surface area (Å²) in [6.07, 6.45) is 3.13. The molecule has 2 aromatic rings. The number of amides is 1. The van der Waals surface area contributed by atoms with Crippen molar-refractivity contribution in [3.05, 3.63) is 59.9 Å². The van der Waals surface area contributed by atoms with Crippen LogP contribution in [0.2, 0.25) is 0 Å². The number of piperazine rings is 1. The molecule has 0 N–H and O–H groups in total. The van der Waals surface area contributed by atoms with Crippen molar-refractivity contribution in [2.75, 3.05) is 26.2 Å². The molecule has 0 aromatic heterocycles. The van der Waals surface area contributed by atoms with Crippen molar-refractivity contribution in [1.82, 2.24) is 9.80 Å². The van der Waals surface area contributed by atoms with Crippen LogP contribution < -0.4 is 0 Å². The van der Waals surface area contributed by atoms with Crippen LogP contribution in [0.4, 0.5) is 4.39 Å². The molecule has 0 spiro atoms. The Kier molecular flexibility index (Phi) is 5.24. The third kappa shape index (κ3) is 4.12. The van der Waals surface area contributed by atoms with E-state index in [4.69, 9.17) is 0 Å². The summed E-state index contributed by atoms with van der Waals surface area (Å²) in [5, 5.41) is 0. The van der Waals surface area contributed by atoms with Gasteiger partial charge in [-0.25, -0.2) is 4.39 Å². The summed E-state index contributed by atoms with van der Waals surface area (Å²) in [7, 11) is 0. The topological polar surface area (TPSA) is 23.6 Å². The number of hydrogen-bond acceptors (Lipinski definition) is 2. The molecule has 0 unspecified atom stereocenters. The van der Waals surface area contributed by atoms with Crippen molar-refractivity contribution in [2.24, 2.45) is 5.92 Å².